The average Bonchev–Trinajstić information content (AvgIpc) is 2.96. The van der Waals surface area contributed by atoms with Gasteiger partial charge in [-0.2, -0.15) is 0 Å². The molecule has 3 rings (SSSR count). The van der Waals surface area contributed by atoms with Crippen LogP contribution in [-0.2, 0) is 32.6 Å². The molecule has 0 fully saturated rings. The molecule has 226 valence electrons. The molecule has 0 heterocycles. The van der Waals surface area contributed by atoms with Crippen molar-refractivity contribution in [2.75, 3.05) is 30.8 Å². The first-order valence-electron chi connectivity index (χ1n) is 13.9. The Balaban J connectivity index is 1.86. The summed E-state index contributed by atoms with van der Waals surface area (Å²) in [5.41, 5.74) is 2.32. The first kappa shape index (κ1) is 33.1. The van der Waals surface area contributed by atoms with Crippen LogP contribution in [0.25, 0.3) is 0 Å². The van der Waals surface area contributed by atoms with E-state index in [-0.39, 0.29) is 43.7 Å². The van der Waals surface area contributed by atoms with E-state index in [9.17, 15) is 18.0 Å². The van der Waals surface area contributed by atoms with Crippen molar-refractivity contribution in [2.24, 2.45) is 5.92 Å². The van der Waals surface area contributed by atoms with Gasteiger partial charge in [-0.1, -0.05) is 72.2 Å². The molecule has 0 radical (unpaired) electrons. The summed E-state index contributed by atoms with van der Waals surface area (Å²) in [7, 11) is -2.05. The summed E-state index contributed by atoms with van der Waals surface area (Å²) >= 11 is 3.46. The number of anilines is 1. The fourth-order valence-corrected chi connectivity index (χ4v) is 5.75. The molecule has 0 aliphatic carbocycles. The van der Waals surface area contributed by atoms with E-state index in [4.69, 9.17) is 4.74 Å². The van der Waals surface area contributed by atoms with Crippen LogP contribution in [0.4, 0.5) is 5.69 Å². The van der Waals surface area contributed by atoms with E-state index in [0.29, 0.717) is 24.4 Å². The number of sulfonamides is 1. The Morgan fingerprint density at radius 2 is 1.57 bits per heavy atom. The van der Waals surface area contributed by atoms with Crippen molar-refractivity contribution in [1.82, 2.24) is 10.2 Å². The topological polar surface area (TPSA) is 96.0 Å². The first-order chi connectivity index (χ1) is 20.0. The fraction of sp³-hybridized carbons (Fsp3) is 0.375. The number of rotatable bonds is 15. The SMILES string of the molecule is COc1ccc(N(CCCC(=O)N(Cc2ccc(Br)cc2)[C@H](Cc2ccccc2)C(=O)NCC(C)C)S(C)(=O)=O)cc1. The standard InChI is InChI=1S/C32H40BrN3O5S/c1-24(2)22-34-32(38)30(21-25-9-6-5-7-10-25)35(23-26-12-14-27(33)15-13-26)31(37)11-8-20-36(42(4,39)40)28-16-18-29(41-3)19-17-28/h5-7,9-10,12-19,24,30H,8,11,20-23H2,1-4H3,(H,34,38)/t30-/m1/s1. The number of carbonyl (C=O) groups is 2. The van der Waals surface area contributed by atoms with Crippen LogP contribution in [-0.4, -0.2) is 57.6 Å². The third kappa shape index (κ3) is 10.2. The molecule has 0 aliphatic rings. The van der Waals surface area contributed by atoms with Gasteiger partial charge in [0.2, 0.25) is 21.8 Å². The Labute approximate surface area is 258 Å². The van der Waals surface area contributed by atoms with Gasteiger partial charge >= 0.3 is 0 Å². The molecular formula is C32H40BrN3O5S. The van der Waals surface area contributed by atoms with Crippen molar-refractivity contribution >= 4 is 43.5 Å². The maximum atomic E-state index is 13.9. The summed E-state index contributed by atoms with van der Waals surface area (Å²) < 4.78 is 32.7. The Kier molecular flexibility index (Phi) is 12.4. The lowest BCUT2D eigenvalue weighted by molar-refractivity contribution is -0.141. The van der Waals surface area contributed by atoms with Gasteiger partial charge in [0.15, 0.2) is 0 Å². The molecule has 0 saturated heterocycles. The lowest BCUT2D eigenvalue weighted by Crippen LogP contribution is -2.51. The van der Waals surface area contributed by atoms with E-state index in [1.54, 1.807) is 36.3 Å². The minimum Gasteiger partial charge on any atom is -0.497 e. The van der Waals surface area contributed by atoms with Gasteiger partial charge in [0, 0.05) is 36.9 Å². The Bertz CT molecular complexity index is 1400. The Morgan fingerprint density at radius 3 is 2.14 bits per heavy atom. The number of ether oxygens (including phenoxy) is 1. The van der Waals surface area contributed by atoms with Crippen LogP contribution in [0.3, 0.4) is 0 Å². The smallest absolute Gasteiger partial charge is 0.243 e. The second-order valence-corrected chi connectivity index (χ2v) is 13.5. The number of hydrogen-bond acceptors (Lipinski definition) is 5. The van der Waals surface area contributed by atoms with E-state index in [0.717, 1.165) is 21.9 Å². The molecule has 2 amide bonds. The van der Waals surface area contributed by atoms with Crippen molar-refractivity contribution in [2.45, 2.75) is 45.7 Å². The third-order valence-corrected chi connectivity index (χ3v) is 8.46. The second kappa shape index (κ2) is 15.7. The predicted molar refractivity (Wildman–Crippen MR) is 171 cm³/mol. The number of methoxy groups -OCH3 is 1. The lowest BCUT2D eigenvalue weighted by atomic mass is 10.0. The molecule has 0 unspecified atom stereocenters. The highest BCUT2D eigenvalue weighted by Crippen LogP contribution is 2.23. The summed E-state index contributed by atoms with van der Waals surface area (Å²) in [6.45, 7) is 4.90. The number of nitrogens with one attached hydrogen (secondary N) is 1. The molecule has 3 aromatic carbocycles. The molecule has 0 bridgehead atoms. The zero-order chi connectivity index (χ0) is 30.7. The van der Waals surface area contributed by atoms with Crippen LogP contribution in [0.5, 0.6) is 5.75 Å². The second-order valence-electron chi connectivity index (χ2n) is 10.6. The Hall–Kier alpha value is -3.37. The van der Waals surface area contributed by atoms with Gasteiger partial charge in [-0.15, -0.1) is 0 Å². The summed E-state index contributed by atoms with van der Waals surface area (Å²) in [4.78, 5) is 29.1. The van der Waals surface area contributed by atoms with E-state index in [1.807, 2.05) is 68.4 Å². The van der Waals surface area contributed by atoms with Crippen molar-refractivity contribution in [3.05, 3.63) is 94.5 Å². The monoisotopic (exact) mass is 657 g/mol. The summed E-state index contributed by atoms with van der Waals surface area (Å²) in [6, 6.07) is 23.3. The number of carbonyl (C=O) groups excluding carboxylic acids is 2. The highest BCUT2D eigenvalue weighted by atomic mass is 79.9. The van der Waals surface area contributed by atoms with E-state index >= 15 is 0 Å². The Morgan fingerprint density at radius 1 is 0.929 bits per heavy atom. The number of benzene rings is 3. The molecule has 1 N–H and O–H groups in total. The third-order valence-electron chi connectivity index (χ3n) is 6.73. The van der Waals surface area contributed by atoms with Crippen LogP contribution < -0.4 is 14.4 Å². The minimum absolute atomic E-state index is 0.0709. The van der Waals surface area contributed by atoms with Gasteiger partial charge < -0.3 is 15.0 Å². The number of amides is 2. The molecule has 10 heteroatoms. The van der Waals surface area contributed by atoms with Crippen LogP contribution >= 0.6 is 15.9 Å². The molecular weight excluding hydrogens is 618 g/mol. The van der Waals surface area contributed by atoms with Crippen molar-refractivity contribution in [3.63, 3.8) is 0 Å². The molecule has 42 heavy (non-hydrogen) atoms. The minimum atomic E-state index is -3.60. The van der Waals surface area contributed by atoms with Crippen molar-refractivity contribution in [3.8, 4) is 5.75 Å². The zero-order valence-corrected chi connectivity index (χ0v) is 27.0. The van der Waals surface area contributed by atoms with Gasteiger partial charge in [-0.05, 0) is 59.9 Å². The van der Waals surface area contributed by atoms with Crippen molar-refractivity contribution < 1.29 is 22.7 Å². The molecule has 0 spiro atoms. The molecule has 1 atom stereocenters. The first-order valence-corrected chi connectivity index (χ1v) is 16.6. The van der Waals surface area contributed by atoms with Crippen LogP contribution in [0.15, 0.2) is 83.3 Å². The molecule has 8 nitrogen and oxygen atoms in total. The van der Waals surface area contributed by atoms with Crippen molar-refractivity contribution in [1.29, 1.82) is 0 Å². The molecule has 0 aromatic heterocycles. The van der Waals surface area contributed by atoms with Gasteiger partial charge in [-0.3, -0.25) is 13.9 Å². The highest BCUT2D eigenvalue weighted by molar-refractivity contribution is 9.10. The maximum Gasteiger partial charge on any atom is 0.243 e. The zero-order valence-electron chi connectivity index (χ0n) is 24.6. The summed E-state index contributed by atoms with van der Waals surface area (Å²) in [5, 5.41) is 3.02. The largest absolute Gasteiger partial charge is 0.497 e. The fourth-order valence-electron chi connectivity index (χ4n) is 4.52. The number of hydrogen-bond donors (Lipinski definition) is 1. The van der Waals surface area contributed by atoms with Crippen LogP contribution in [0, 0.1) is 5.92 Å². The molecule has 0 aliphatic heterocycles. The molecule has 3 aromatic rings. The van der Waals surface area contributed by atoms with Gasteiger partial charge in [0.25, 0.3) is 0 Å². The number of nitrogens with zero attached hydrogens (tertiary/aromatic N) is 2. The summed E-state index contributed by atoms with van der Waals surface area (Å²) in [6.07, 6.45) is 1.85. The van der Waals surface area contributed by atoms with E-state index in [2.05, 4.69) is 21.2 Å². The van der Waals surface area contributed by atoms with Gasteiger partial charge in [-0.25, -0.2) is 8.42 Å². The quantitative estimate of drug-likeness (QED) is 0.236. The highest BCUT2D eigenvalue weighted by Gasteiger charge is 2.30. The van der Waals surface area contributed by atoms with E-state index < -0.39 is 16.1 Å². The average molecular weight is 659 g/mol. The van der Waals surface area contributed by atoms with Gasteiger partial charge in [0.05, 0.1) is 19.1 Å². The summed E-state index contributed by atoms with van der Waals surface area (Å²) in [5.74, 6) is 0.434. The predicted octanol–water partition coefficient (Wildman–Crippen LogP) is 5.42. The van der Waals surface area contributed by atoms with Gasteiger partial charge in [0.1, 0.15) is 11.8 Å². The molecule has 0 saturated carbocycles. The van der Waals surface area contributed by atoms with Crippen LogP contribution in [0.2, 0.25) is 0 Å². The lowest BCUT2D eigenvalue weighted by Gasteiger charge is -2.32. The van der Waals surface area contributed by atoms with E-state index in [1.165, 1.54) is 4.31 Å². The maximum absolute atomic E-state index is 13.9. The normalized spacial score (nSPS) is 12.0. The number of halogens is 1. The van der Waals surface area contributed by atoms with Crippen LogP contribution in [0.1, 0.15) is 37.8 Å².